The Balaban J connectivity index is 2.16. The first-order chi connectivity index (χ1) is 9.06. The van der Waals surface area contributed by atoms with Crippen LogP contribution >= 0.6 is 0 Å². The molecule has 2 fully saturated rings. The average molecular weight is 269 g/mol. The third-order valence-corrected chi connectivity index (χ3v) is 4.13. The maximum Gasteiger partial charge on any atom is 0.234 e. The summed E-state index contributed by atoms with van der Waals surface area (Å²) in [6.45, 7) is 5.00. The van der Waals surface area contributed by atoms with Gasteiger partial charge in [0, 0.05) is 6.54 Å². The third-order valence-electron chi connectivity index (χ3n) is 4.13. The van der Waals surface area contributed by atoms with Crippen LogP contribution in [0.15, 0.2) is 5.16 Å². The van der Waals surface area contributed by atoms with E-state index in [0.717, 1.165) is 19.3 Å². The number of fused-ring (bicyclic) bond motifs is 1. The normalized spacial score (nSPS) is 29.4. The molecule has 3 unspecified atom stereocenters. The van der Waals surface area contributed by atoms with E-state index in [1.54, 1.807) is 0 Å². The number of rotatable bonds is 3. The van der Waals surface area contributed by atoms with Crippen molar-refractivity contribution in [2.75, 3.05) is 13.2 Å². The molecule has 6 nitrogen and oxygen atoms in total. The maximum absolute atomic E-state index is 12.7. The summed E-state index contributed by atoms with van der Waals surface area (Å²) in [5.74, 6) is -0.581. The molecule has 1 amide bonds. The van der Waals surface area contributed by atoms with E-state index in [0.29, 0.717) is 13.2 Å². The predicted octanol–water partition coefficient (Wildman–Crippen LogP) is 0.785. The summed E-state index contributed by atoms with van der Waals surface area (Å²) in [6, 6.07) is 0.161. The van der Waals surface area contributed by atoms with Gasteiger partial charge in [0.15, 0.2) is 5.84 Å². The Labute approximate surface area is 113 Å². The Morgan fingerprint density at radius 1 is 1.47 bits per heavy atom. The highest BCUT2D eigenvalue weighted by Crippen LogP contribution is 2.31. The molecule has 1 aliphatic carbocycles. The second-order valence-electron chi connectivity index (χ2n) is 5.69. The molecule has 1 saturated heterocycles. The van der Waals surface area contributed by atoms with Gasteiger partial charge in [0.2, 0.25) is 5.91 Å². The first kappa shape index (κ1) is 14.1. The van der Waals surface area contributed by atoms with Gasteiger partial charge in [-0.25, -0.2) is 0 Å². The fourth-order valence-corrected chi connectivity index (χ4v) is 3.19. The van der Waals surface area contributed by atoms with Gasteiger partial charge in [0.25, 0.3) is 0 Å². The standard InChI is InChI=1S/C13H23N3O3/c1-8(2)11(12(14)15-18)13(17)16-6-7-19-10-5-3-4-9(10)16/h8-11,18H,3-7H2,1-2H3,(H2,14,15). The van der Waals surface area contributed by atoms with E-state index in [1.807, 2.05) is 18.7 Å². The lowest BCUT2D eigenvalue weighted by Crippen LogP contribution is -2.55. The van der Waals surface area contributed by atoms with Crippen molar-refractivity contribution >= 4 is 11.7 Å². The van der Waals surface area contributed by atoms with Crippen molar-refractivity contribution in [3.8, 4) is 0 Å². The topological polar surface area (TPSA) is 88.2 Å². The molecule has 108 valence electrons. The van der Waals surface area contributed by atoms with Crippen LogP contribution in [0.3, 0.4) is 0 Å². The number of nitrogens with two attached hydrogens (primary N) is 1. The van der Waals surface area contributed by atoms with Crippen LogP contribution in [0.5, 0.6) is 0 Å². The minimum atomic E-state index is -0.552. The Morgan fingerprint density at radius 3 is 2.84 bits per heavy atom. The van der Waals surface area contributed by atoms with Crippen molar-refractivity contribution in [2.45, 2.75) is 45.3 Å². The fourth-order valence-electron chi connectivity index (χ4n) is 3.19. The molecule has 2 rings (SSSR count). The van der Waals surface area contributed by atoms with E-state index >= 15 is 0 Å². The van der Waals surface area contributed by atoms with Crippen LogP contribution in [-0.2, 0) is 9.53 Å². The minimum Gasteiger partial charge on any atom is -0.409 e. The van der Waals surface area contributed by atoms with Crippen molar-refractivity contribution in [3.63, 3.8) is 0 Å². The molecule has 19 heavy (non-hydrogen) atoms. The number of oxime groups is 1. The Hall–Kier alpha value is -1.30. The Morgan fingerprint density at radius 2 is 2.21 bits per heavy atom. The molecule has 0 aromatic rings. The van der Waals surface area contributed by atoms with Crippen LogP contribution in [-0.4, -0.2) is 47.1 Å². The Kier molecular flexibility index (Phi) is 4.29. The van der Waals surface area contributed by atoms with E-state index in [2.05, 4.69) is 5.16 Å². The molecule has 3 N–H and O–H groups in total. The summed E-state index contributed by atoms with van der Waals surface area (Å²) in [7, 11) is 0. The molecule has 1 aliphatic heterocycles. The monoisotopic (exact) mass is 269 g/mol. The van der Waals surface area contributed by atoms with Crippen LogP contribution in [0.25, 0.3) is 0 Å². The molecule has 0 spiro atoms. The molecular weight excluding hydrogens is 246 g/mol. The van der Waals surface area contributed by atoms with E-state index in [-0.39, 0.29) is 29.8 Å². The highest BCUT2D eigenvalue weighted by atomic mass is 16.5. The highest BCUT2D eigenvalue weighted by Gasteiger charge is 2.41. The second kappa shape index (κ2) is 5.77. The van der Waals surface area contributed by atoms with Crippen LogP contribution in [0.4, 0.5) is 0 Å². The lowest BCUT2D eigenvalue weighted by molar-refractivity contribution is -0.147. The van der Waals surface area contributed by atoms with Gasteiger partial charge in [-0.2, -0.15) is 0 Å². The number of amides is 1. The van der Waals surface area contributed by atoms with Gasteiger partial charge in [-0.15, -0.1) is 0 Å². The average Bonchev–Trinajstić information content (AvgIpc) is 2.85. The summed E-state index contributed by atoms with van der Waals surface area (Å²) in [5, 5.41) is 11.9. The zero-order chi connectivity index (χ0) is 14.0. The summed E-state index contributed by atoms with van der Waals surface area (Å²) in [6.07, 6.45) is 3.26. The molecule has 0 aromatic heterocycles. The van der Waals surface area contributed by atoms with Crippen molar-refractivity contribution in [2.24, 2.45) is 22.7 Å². The lowest BCUT2D eigenvalue weighted by atomic mass is 9.92. The van der Waals surface area contributed by atoms with Crippen molar-refractivity contribution < 1.29 is 14.7 Å². The van der Waals surface area contributed by atoms with Crippen LogP contribution in [0.2, 0.25) is 0 Å². The van der Waals surface area contributed by atoms with Gasteiger partial charge in [0.05, 0.1) is 18.8 Å². The number of carbonyl (C=O) groups is 1. The van der Waals surface area contributed by atoms with Crippen molar-refractivity contribution in [1.29, 1.82) is 0 Å². The fraction of sp³-hybridized carbons (Fsp3) is 0.846. The number of hydrogen-bond donors (Lipinski definition) is 2. The molecule has 2 aliphatic rings. The van der Waals surface area contributed by atoms with Gasteiger partial charge in [-0.1, -0.05) is 19.0 Å². The number of hydrogen-bond acceptors (Lipinski definition) is 4. The third kappa shape index (κ3) is 2.68. The van der Waals surface area contributed by atoms with Crippen LogP contribution in [0.1, 0.15) is 33.1 Å². The SMILES string of the molecule is CC(C)C(C(=O)N1CCOC2CCCC21)C(N)=NO. The largest absolute Gasteiger partial charge is 0.409 e. The van der Waals surface area contributed by atoms with Crippen molar-refractivity contribution in [3.05, 3.63) is 0 Å². The van der Waals surface area contributed by atoms with E-state index < -0.39 is 5.92 Å². The molecular formula is C13H23N3O3. The zero-order valence-electron chi connectivity index (χ0n) is 11.6. The molecule has 1 saturated carbocycles. The molecule has 0 radical (unpaired) electrons. The first-order valence-electron chi connectivity index (χ1n) is 6.95. The van der Waals surface area contributed by atoms with Gasteiger partial charge >= 0.3 is 0 Å². The number of nitrogens with zero attached hydrogens (tertiary/aromatic N) is 2. The van der Waals surface area contributed by atoms with Gasteiger partial charge < -0.3 is 20.6 Å². The second-order valence-corrected chi connectivity index (χ2v) is 5.69. The summed E-state index contributed by atoms with van der Waals surface area (Å²) in [5.41, 5.74) is 5.68. The summed E-state index contributed by atoms with van der Waals surface area (Å²) >= 11 is 0. The molecule has 1 heterocycles. The molecule has 6 heteroatoms. The minimum absolute atomic E-state index is 0.000962. The summed E-state index contributed by atoms with van der Waals surface area (Å²) in [4.78, 5) is 14.6. The van der Waals surface area contributed by atoms with E-state index in [9.17, 15) is 4.79 Å². The Bertz CT molecular complexity index is 370. The first-order valence-corrected chi connectivity index (χ1v) is 6.95. The lowest BCUT2D eigenvalue weighted by Gasteiger charge is -2.39. The van der Waals surface area contributed by atoms with Gasteiger partial charge in [-0.3, -0.25) is 4.79 Å². The van der Waals surface area contributed by atoms with Crippen molar-refractivity contribution in [1.82, 2.24) is 4.90 Å². The van der Waals surface area contributed by atoms with Crippen LogP contribution in [0, 0.1) is 11.8 Å². The number of carbonyl (C=O) groups excluding carboxylic acids is 1. The van der Waals surface area contributed by atoms with Gasteiger partial charge in [-0.05, 0) is 25.2 Å². The molecule has 0 bridgehead atoms. The number of ether oxygens (including phenoxy) is 1. The quantitative estimate of drug-likeness (QED) is 0.343. The van der Waals surface area contributed by atoms with E-state index in [1.165, 1.54) is 0 Å². The zero-order valence-corrected chi connectivity index (χ0v) is 11.6. The van der Waals surface area contributed by atoms with E-state index in [4.69, 9.17) is 15.7 Å². The maximum atomic E-state index is 12.7. The number of amidine groups is 1. The highest BCUT2D eigenvalue weighted by molar-refractivity contribution is 6.02. The van der Waals surface area contributed by atoms with Crippen LogP contribution < -0.4 is 5.73 Å². The number of morpholine rings is 1. The molecule has 3 atom stereocenters. The summed E-state index contributed by atoms with van der Waals surface area (Å²) < 4.78 is 5.70. The smallest absolute Gasteiger partial charge is 0.234 e. The predicted molar refractivity (Wildman–Crippen MR) is 70.8 cm³/mol. The molecule has 0 aromatic carbocycles. The van der Waals surface area contributed by atoms with Gasteiger partial charge in [0.1, 0.15) is 5.92 Å².